The second kappa shape index (κ2) is 6.20. The predicted octanol–water partition coefficient (Wildman–Crippen LogP) is 3.42. The summed E-state index contributed by atoms with van der Waals surface area (Å²) < 4.78 is 1.96. The normalized spacial score (nSPS) is 14.7. The molecule has 21 heavy (non-hydrogen) atoms. The highest BCUT2D eigenvalue weighted by molar-refractivity contribution is 5.60. The van der Waals surface area contributed by atoms with Gasteiger partial charge in [0.05, 0.1) is 6.20 Å². The third-order valence-electron chi connectivity index (χ3n) is 4.17. The van der Waals surface area contributed by atoms with E-state index in [0.717, 1.165) is 13.1 Å². The molecule has 1 aromatic heterocycles. The fourth-order valence-electron chi connectivity index (χ4n) is 2.89. The minimum absolute atomic E-state index is 0.823. The Morgan fingerprint density at radius 1 is 1.24 bits per heavy atom. The molecule has 0 amide bonds. The van der Waals surface area contributed by atoms with Crippen molar-refractivity contribution in [1.82, 2.24) is 9.78 Å². The summed E-state index contributed by atoms with van der Waals surface area (Å²) in [5.41, 5.74) is 5.10. The van der Waals surface area contributed by atoms with Crippen molar-refractivity contribution in [1.29, 1.82) is 0 Å². The standard InChI is InChI=1S/C17H24N4/c1-3-21-13-15(12-19-21)11-18-17-7-6-16(10-14(17)2)20-8-4-5-9-20/h6-7,10,12-13,18H,3-5,8-9,11H2,1-2H3. The van der Waals surface area contributed by atoms with E-state index in [-0.39, 0.29) is 0 Å². The van der Waals surface area contributed by atoms with Crippen molar-refractivity contribution in [2.75, 3.05) is 23.3 Å². The average Bonchev–Trinajstić information content (AvgIpc) is 3.17. The summed E-state index contributed by atoms with van der Waals surface area (Å²) >= 11 is 0. The highest BCUT2D eigenvalue weighted by atomic mass is 15.3. The van der Waals surface area contributed by atoms with Gasteiger partial charge in [-0.1, -0.05) is 0 Å². The van der Waals surface area contributed by atoms with E-state index in [4.69, 9.17) is 0 Å². The van der Waals surface area contributed by atoms with Crippen LogP contribution in [-0.2, 0) is 13.1 Å². The Labute approximate surface area is 126 Å². The van der Waals surface area contributed by atoms with Crippen LogP contribution in [0.25, 0.3) is 0 Å². The molecule has 2 aromatic rings. The number of benzene rings is 1. The number of nitrogens with one attached hydrogen (secondary N) is 1. The molecule has 0 radical (unpaired) electrons. The molecule has 1 fully saturated rings. The van der Waals surface area contributed by atoms with E-state index < -0.39 is 0 Å². The molecular weight excluding hydrogens is 260 g/mol. The lowest BCUT2D eigenvalue weighted by molar-refractivity contribution is 0.659. The second-order valence-electron chi connectivity index (χ2n) is 5.75. The molecule has 0 spiro atoms. The fourth-order valence-corrected chi connectivity index (χ4v) is 2.89. The molecule has 1 aliphatic rings. The Kier molecular flexibility index (Phi) is 4.13. The Morgan fingerprint density at radius 3 is 2.71 bits per heavy atom. The van der Waals surface area contributed by atoms with Crippen molar-refractivity contribution >= 4 is 11.4 Å². The molecule has 0 saturated carbocycles. The molecular formula is C17H24N4. The molecule has 112 valence electrons. The third-order valence-corrected chi connectivity index (χ3v) is 4.17. The van der Waals surface area contributed by atoms with Gasteiger partial charge in [0, 0.05) is 49.3 Å². The van der Waals surface area contributed by atoms with Gasteiger partial charge in [0.1, 0.15) is 0 Å². The van der Waals surface area contributed by atoms with Crippen molar-refractivity contribution in [3.8, 4) is 0 Å². The van der Waals surface area contributed by atoms with Gasteiger partial charge in [0.25, 0.3) is 0 Å². The Morgan fingerprint density at radius 2 is 2.05 bits per heavy atom. The minimum Gasteiger partial charge on any atom is -0.381 e. The zero-order chi connectivity index (χ0) is 14.7. The van der Waals surface area contributed by atoms with Crippen LogP contribution in [0.4, 0.5) is 11.4 Å². The van der Waals surface area contributed by atoms with E-state index in [1.54, 1.807) is 0 Å². The summed E-state index contributed by atoms with van der Waals surface area (Å²) in [7, 11) is 0. The molecule has 1 aliphatic heterocycles. The predicted molar refractivity (Wildman–Crippen MR) is 87.9 cm³/mol. The van der Waals surface area contributed by atoms with Gasteiger partial charge in [-0.25, -0.2) is 0 Å². The number of aryl methyl sites for hydroxylation is 2. The molecule has 3 rings (SSSR count). The molecule has 0 bridgehead atoms. The van der Waals surface area contributed by atoms with Crippen LogP contribution in [0.1, 0.15) is 30.9 Å². The van der Waals surface area contributed by atoms with Crippen LogP contribution in [-0.4, -0.2) is 22.9 Å². The molecule has 1 aromatic carbocycles. The summed E-state index contributed by atoms with van der Waals surface area (Å²) in [5.74, 6) is 0. The quantitative estimate of drug-likeness (QED) is 0.913. The number of hydrogen-bond acceptors (Lipinski definition) is 3. The highest BCUT2D eigenvalue weighted by Crippen LogP contribution is 2.25. The Bertz CT molecular complexity index is 597. The smallest absolute Gasteiger partial charge is 0.0539 e. The third kappa shape index (κ3) is 3.20. The number of nitrogens with zero attached hydrogens (tertiary/aromatic N) is 3. The lowest BCUT2D eigenvalue weighted by Gasteiger charge is -2.19. The summed E-state index contributed by atoms with van der Waals surface area (Å²) in [6.45, 7) is 8.42. The monoisotopic (exact) mass is 284 g/mol. The van der Waals surface area contributed by atoms with Gasteiger partial charge in [-0.15, -0.1) is 0 Å². The molecule has 2 heterocycles. The van der Waals surface area contributed by atoms with Gasteiger partial charge in [0.15, 0.2) is 0 Å². The zero-order valence-corrected chi connectivity index (χ0v) is 13.0. The van der Waals surface area contributed by atoms with Gasteiger partial charge in [-0.2, -0.15) is 5.10 Å². The van der Waals surface area contributed by atoms with Gasteiger partial charge in [-0.05, 0) is 50.5 Å². The van der Waals surface area contributed by atoms with E-state index in [0.29, 0.717) is 0 Å². The van der Waals surface area contributed by atoms with Crippen LogP contribution in [0.3, 0.4) is 0 Å². The highest BCUT2D eigenvalue weighted by Gasteiger charge is 2.12. The van der Waals surface area contributed by atoms with Gasteiger partial charge >= 0.3 is 0 Å². The van der Waals surface area contributed by atoms with Crippen molar-refractivity contribution in [3.05, 3.63) is 41.7 Å². The Hall–Kier alpha value is -1.97. The lowest BCUT2D eigenvalue weighted by atomic mass is 10.1. The summed E-state index contributed by atoms with van der Waals surface area (Å²) in [6, 6.07) is 6.73. The minimum atomic E-state index is 0.823. The first kappa shape index (κ1) is 14.0. The van der Waals surface area contributed by atoms with E-state index >= 15 is 0 Å². The summed E-state index contributed by atoms with van der Waals surface area (Å²) in [4.78, 5) is 2.47. The van der Waals surface area contributed by atoms with Crippen molar-refractivity contribution in [2.24, 2.45) is 0 Å². The van der Waals surface area contributed by atoms with E-state index in [9.17, 15) is 0 Å². The average molecular weight is 284 g/mol. The molecule has 1 saturated heterocycles. The lowest BCUT2D eigenvalue weighted by Crippen LogP contribution is -2.17. The summed E-state index contributed by atoms with van der Waals surface area (Å²) in [6.07, 6.45) is 6.67. The van der Waals surface area contributed by atoms with E-state index in [1.165, 1.54) is 48.4 Å². The molecule has 0 unspecified atom stereocenters. The van der Waals surface area contributed by atoms with E-state index in [2.05, 4.69) is 53.6 Å². The SMILES string of the molecule is CCn1cc(CNc2ccc(N3CCCC3)cc2C)cn1. The van der Waals surface area contributed by atoms with Crippen LogP contribution in [0.15, 0.2) is 30.6 Å². The Balaban J connectivity index is 1.65. The first-order valence-electron chi connectivity index (χ1n) is 7.87. The largest absolute Gasteiger partial charge is 0.381 e. The molecule has 1 N–H and O–H groups in total. The van der Waals surface area contributed by atoms with Crippen LogP contribution < -0.4 is 10.2 Å². The van der Waals surface area contributed by atoms with Crippen LogP contribution in [0.2, 0.25) is 0 Å². The first-order valence-corrected chi connectivity index (χ1v) is 7.87. The number of aromatic nitrogens is 2. The zero-order valence-electron chi connectivity index (χ0n) is 13.0. The molecule has 4 heteroatoms. The molecule has 4 nitrogen and oxygen atoms in total. The number of rotatable bonds is 5. The van der Waals surface area contributed by atoms with Crippen LogP contribution in [0.5, 0.6) is 0 Å². The van der Waals surface area contributed by atoms with Gasteiger partial charge in [0.2, 0.25) is 0 Å². The molecule has 0 atom stereocenters. The van der Waals surface area contributed by atoms with Crippen molar-refractivity contribution in [3.63, 3.8) is 0 Å². The fraction of sp³-hybridized carbons (Fsp3) is 0.471. The number of anilines is 2. The maximum Gasteiger partial charge on any atom is 0.0539 e. The van der Waals surface area contributed by atoms with E-state index in [1.807, 2.05) is 10.9 Å². The summed E-state index contributed by atoms with van der Waals surface area (Å²) in [5, 5.41) is 7.82. The first-order chi connectivity index (χ1) is 10.3. The van der Waals surface area contributed by atoms with Gasteiger partial charge in [-0.3, -0.25) is 4.68 Å². The maximum absolute atomic E-state index is 4.31. The van der Waals surface area contributed by atoms with Crippen molar-refractivity contribution < 1.29 is 0 Å². The second-order valence-corrected chi connectivity index (χ2v) is 5.75. The maximum atomic E-state index is 4.31. The van der Waals surface area contributed by atoms with Crippen molar-refractivity contribution in [2.45, 2.75) is 39.8 Å². The van der Waals surface area contributed by atoms with Crippen LogP contribution >= 0.6 is 0 Å². The topological polar surface area (TPSA) is 33.1 Å². The van der Waals surface area contributed by atoms with Gasteiger partial charge < -0.3 is 10.2 Å². The number of hydrogen-bond donors (Lipinski definition) is 1. The van der Waals surface area contributed by atoms with Crippen LogP contribution in [0, 0.1) is 6.92 Å². The molecule has 0 aliphatic carbocycles.